The van der Waals surface area contributed by atoms with Crippen molar-refractivity contribution in [2.24, 2.45) is 0 Å². The van der Waals surface area contributed by atoms with E-state index in [1.54, 1.807) is 14.2 Å². The predicted molar refractivity (Wildman–Crippen MR) is 115 cm³/mol. The summed E-state index contributed by atoms with van der Waals surface area (Å²) in [4.78, 5) is 20.4. The molecular formula is C22H21ClN2O3S. The standard InChI is InChI=1S/C22H21ClN2O3S/c1-13-20(29-21(24-13)16-6-4-5-7-17(16)23)22(26)25-9-8-14-10-18(27-2)19(28-3)11-15(14)12-25/h4-7,10-11H,8-9,12H2,1-3H3. The van der Waals surface area contributed by atoms with Crippen LogP contribution in [-0.4, -0.2) is 36.6 Å². The van der Waals surface area contributed by atoms with Crippen LogP contribution in [0.4, 0.5) is 0 Å². The van der Waals surface area contributed by atoms with Gasteiger partial charge in [0.15, 0.2) is 11.5 Å². The van der Waals surface area contributed by atoms with Crippen LogP contribution in [0, 0.1) is 6.92 Å². The molecule has 0 aliphatic carbocycles. The number of carbonyl (C=O) groups excluding carboxylic acids is 1. The fraction of sp³-hybridized carbons (Fsp3) is 0.273. The van der Waals surface area contributed by atoms with E-state index in [2.05, 4.69) is 4.98 Å². The fourth-order valence-corrected chi connectivity index (χ4v) is 4.90. The van der Waals surface area contributed by atoms with Gasteiger partial charge in [-0.15, -0.1) is 11.3 Å². The summed E-state index contributed by atoms with van der Waals surface area (Å²) in [6, 6.07) is 11.5. The van der Waals surface area contributed by atoms with Gasteiger partial charge in [-0.05, 0) is 42.7 Å². The zero-order valence-electron chi connectivity index (χ0n) is 16.5. The predicted octanol–water partition coefficient (Wildman–Crippen LogP) is 4.99. The minimum Gasteiger partial charge on any atom is -0.493 e. The van der Waals surface area contributed by atoms with Gasteiger partial charge in [-0.2, -0.15) is 0 Å². The largest absolute Gasteiger partial charge is 0.493 e. The molecule has 1 aromatic heterocycles. The molecule has 0 saturated heterocycles. The lowest BCUT2D eigenvalue weighted by atomic mass is 9.98. The minimum atomic E-state index is -0.00117. The molecule has 0 saturated carbocycles. The first-order chi connectivity index (χ1) is 14.0. The van der Waals surface area contributed by atoms with Crippen molar-refractivity contribution in [3.8, 4) is 22.1 Å². The Bertz CT molecular complexity index is 1080. The maximum absolute atomic E-state index is 13.2. The number of ether oxygens (including phenoxy) is 2. The van der Waals surface area contributed by atoms with E-state index in [1.807, 2.05) is 48.2 Å². The first-order valence-electron chi connectivity index (χ1n) is 9.27. The highest BCUT2D eigenvalue weighted by atomic mass is 35.5. The number of hydrogen-bond donors (Lipinski definition) is 0. The molecule has 0 bridgehead atoms. The number of benzene rings is 2. The molecule has 0 radical (unpaired) electrons. The van der Waals surface area contributed by atoms with Gasteiger partial charge in [0.25, 0.3) is 5.91 Å². The zero-order chi connectivity index (χ0) is 20.5. The molecule has 0 atom stereocenters. The lowest BCUT2D eigenvalue weighted by Gasteiger charge is -2.29. The smallest absolute Gasteiger partial charge is 0.266 e. The molecule has 1 aliphatic rings. The average Bonchev–Trinajstić information content (AvgIpc) is 3.13. The molecule has 0 N–H and O–H groups in total. The summed E-state index contributed by atoms with van der Waals surface area (Å²) in [6.07, 6.45) is 0.774. The van der Waals surface area contributed by atoms with Crippen molar-refractivity contribution in [3.63, 3.8) is 0 Å². The number of fused-ring (bicyclic) bond motifs is 1. The normalized spacial score (nSPS) is 13.2. The molecule has 0 fully saturated rings. The Balaban J connectivity index is 1.61. The van der Waals surface area contributed by atoms with Crippen LogP contribution in [0.25, 0.3) is 10.6 Å². The maximum atomic E-state index is 13.2. The van der Waals surface area contributed by atoms with Gasteiger partial charge in [0.1, 0.15) is 9.88 Å². The van der Waals surface area contributed by atoms with E-state index in [-0.39, 0.29) is 5.91 Å². The molecule has 1 amide bonds. The Labute approximate surface area is 178 Å². The second kappa shape index (κ2) is 8.05. The Morgan fingerprint density at radius 1 is 1.14 bits per heavy atom. The third-order valence-corrected chi connectivity index (χ3v) is 6.61. The second-order valence-corrected chi connectivity index (χ2v) is 8.27. The van der Waals surface area contributed by atoms with Crippen LogP contribution in [0.15, 0.2) is 36.4 Å². The van der Waals surface area contributed by atoms with Gasteiger partial charge in [0.2, 0.25) is 0 Å². The van der Waals surface area contributed by atoms with Crippen LogP contribution in [0.5, 0.6) is 11.5 Å². The fourth-order valence-electron chi connectivity index (χ4n) is 3.54. The van der Waals surface area contributed by atoms with E-state index in [1.165, 1.54) is 16.9 Å². The quantitative estimate of drug-likeness (QED) is 0.587. The summed E-state index contributed by atoms with van der Waals surface area (Å²) in [5.41, 5.74) is 3.84. The number of hydrogen-bond acceptors (Lipinski definition) is 5. The van der Waals surface area contributed by atoms with Gasteiger partial charge in [0, 0.05) is 18.7 Å². The Morgan fingerprint density at radius 3 is 2.52 bits per heavy atom. The topological polar surface area (TPSA) is 51.7 Å². The molecular weight excluding hydrogens is 408 g/mol. The molecule has 0 unspecified atom stereocenters. The second-order valence-electron chi connectivity index (χ2n) is 6.87. The van der Waals surface area contributed by atoms with Crippen molar-refractivity contribution in [1.82, 2.24) is 9.88 Å². The summed E-state index contributed by atoms with van der Waals surface area (Å²) >= 11 is 7.70. The summed E-state index contributed by atoms with van der Waals surface area (Å²) in [7, 11) is 3.25. The molecule has 1 aliphatic heterocycles. The van der Waals surface area contributed by atoms with Crippen LogP contribution in [0.1, 0.15) is 26.5 Å². The highest BCUT2D eigenvalue weighted by Crippen LogP contribution is 2.36. The van der Waals surface area contributed by atoms with Crippen LogP contribution < -0.4 is 9.47 Å². The highest BCUT2D eigenvalue weighted by molar-refractivity contribution is 7.17. The number of halogens is 1. The third-order valence-electron chi connectivity index (χ3n) is 5.10. The number of aryl methyl sites for hydroxylation is 1. The van der Waals surface area contributed by atoms with E-state index < -0.39 is 0 Å². The Hall–Kier alpha value is -2.57. The molecule has 29 heavy (non-hydrogen) atoms. The molecule has 5 nitrogen and oxygen atoms in total. The van der Waals surface area contributed by atoms with Gasteiger partial charge in [-0.3, -0.25) is 4.79 Å². The Morgan fingerprint density at radius 2 is 1.83 bits per heavy atom. The van der Waals surface area contributed by atoms with Gasteiger partial charge in [-0.1, -0.05) is 29.8 Å². The van der Waals surface area contributed by atoms with Crippen LogP contribution in [0.3, 0.4) is 0 Å². The average molecular weight is 429 g/mol. The van der Waals surface area contributed by atoms with Crippen molar-refractivity contribution in [2.45, 2.75) is 19.9 Å². The van der Waals surface area contributed by atoms with E-state index in [9.17, 15) is 4.79 Å². The number of rotatable bonds is 4. The van der Waals surface area contributed by atoms with Crippen LogP contribution >= 0.6 is 22.9 Å². The number of nitrogens with zero attached hydrogens (tertiary/aromatic N) is 2. The van der Waals surface area contributed by atoms with Gasteiger partial charge < -0.3 is 14.4 Å². The van der Waals surface area contributed by atoms with Gasteiger partial charge in [0.05, 0.1) is 24.9 Å². The number of amides is 1. The Kier molecular flexibility index (Phi) is 5.48. The van der Waals surface area contributed by atoms with E-state index in [0.29, 0.717) is 34.5 Å². The maximum Gasteiger partial charge on any atom is 0.266 e. The molecule has 3 aromatic rings. The third kappa shape index (κ3) is 3.70. The number of methoxy groups -OCH3 is 2. The van der Waals surface area contributed by atoms with Crippen molar-refractivity contribution in [2.75, 3.05) is 20.8 Å². The zero-order valence-corrected chi connectivity index (χ0v) is 18.1. The summed E-state index contributed by atoms with van der Waals surface area (Å²) in [5.74, 6) is 1.39. The summed E-state index contributed by atoms with van der Waals surface area (Å²) in [5, 5.41) is 1.40. The summed E-state index contributed by atoms with van der Waals surface area (Å²) < 4.78 is 10.8. The van der Waals surface area contributed by atoms with E-state index >= 15 is 0 Å². The first-order valence-corrected chi connectivity index (χ1v) is 10.5. The minimum absolute atomic E-state index is 0.00117. The molecule has 150 valence electrons. The van der Waals surface area contributed by atoms with E-state index in [4.69, 9.17) is 21.1 Å². The summed E-state index contributed by atoms with van der Waals surface area (Å²) in [6.45, 7) is 3.06. The van der Waals surface area contributed by atoms with E-state index in [0.717, 1.165) is 28.2 Å². The SMILES string of the molecule is COc1cc2c(cc1OC)CN(C(=O)c1sc(-c3ccccc3Cl)nc1C)CC2. The monoisotopic (exact) mass is 428 g/mol. The molecule has 7 heteroatoms. The van der Waals surface area contributed by atoms with Crippen molar-refractivity contribution in [1.29, 1.82) is 0 Å². The first kappa shape index (κ1) is 19.7. The van der Waals surface area contributed by atoms with Crippen molar-refractivity contribution in [3.05, 3.63) is 63.1 Å². The number of thiazole rings is 1. The van der Waals surface area contributed by atoms with Gasteiger partial charge in [-0.25, -0.2) is 4.98 Å². The molecule has 2 heterocycles. The van der Waals surface area contributed by atoms with Crippen LogP contribution in [-0.2, 0) is 13.0 Å². The lowest BCUT2D eigenvalue weighted by Crippen LogP contribution is -2.35. The van der Waals surface area contributed by atoms with Gasteiger partial charge >= 0.3 is 0 Å². The number of carbonyl (C=O) groups is 1. The molecule has 0 spiro atoms. The molecule has 4 rings (SSSR count). The van der Waals surface area contributed by atoms with Crippen molar-refractivity contribution >= 4 is 28.8 Å². The molecule has 2 aromatic carbocycles. The lowest BCUT2D eigenvalue weighted by molar-refractivity contribution is 0.0738. The van der Waals surface area contributed by atoms with Crippen molar-refractivity contribution < 1.29 is 14.3 Å². The van der Waals surface area contributed by atoms with Crippen LogP contribution in [0.2, 0.25) is 5.02 Å². The highest BCUT2D eigenvalue weighted by Gasteiger charge is 2.27. The number of aromatic nitrogens is 1.